The Labute approximate surface area is 160 Å². The Morgan fingerprint density at radius 2 is 2.00 bits per heavy atom. The van der Waals surface area contributed by atoms with E-state index in [1.54, 1.807) is 19.1 Å². The molecule has 27 heavy (non-hydrogen) atoms. The monoisotopic (exact) mass is 372 g/mol. The molecule has 3 rings (SSSR count). The first-order valence-electron chi connectivity index (χ1n) is 9.27. The topological polar surface area (TPSA) is 55.2 Å². The molecule has 0 N–H and O–H groups in total. The van der Waals surface area contributed by atoms with Crippen LogP contribution in [0.25, 0.3) is 0 Å². The van der Waals surface area contributed by atoms with Crippen LogP contribution >= 0.6 is 0 Å². The van der Waals surface area contributed by atoms with Gasteiger partial charge in [0, 0.05) is 13.1 Å². The second kappa shape index (κ2) is 8.48. The van der Waals surface area contributed by atoms with E-state index in [0.717, 1.165) is 48.0 Å². The maximum Gasteiger partial charge on any atom is 0.236 e. The Hall–Kier alpha value is -2.47. The molecule has 1 aliphatic rings. The highest BCUT2D eigenvalue weighted by atomic mass is 16.5. The van der Waals surface area contributed by atoms with Crippen molar-refractivity contribution in [3.8, 4) is 11.5 Å². The van der Waals surface area contributed by atoms with Gasteiger partial charge in [-0.2, -0.15) is 0 Å². The number of hydrogen-bond donors (Lipinski definition) is 0. The number of carbonyl (C=O) groups is 1. The van der Waals surface area contributed by atoms with Crippen LogP contribution in [0, 0.1) is 6.92 Å². The summed E-state index contributed by atoms with van der Waals surface area (Å²) in [5, 5.41) is 0. The Morgan fingerprint density at radius 3 is 2.67 bits per heavy atom. The smallest absolute Gasteiger partial charge is 0.236 e. The summed E-state index contributed by atoms with van der Waals surface area (Å²) in [6.45, 7) is 3.71. The molecule has 0 bridgehead atoms. The highest BCUT2D eigenvalue weighted by molar-refractivity contribution is 5.78. The van der Waals surface area contributed by atoms with Gasteiger partial charge in [-0.3, -0.25) is 9.69 Å². The zero-order valence-electron chi connectivity index (χ0n) is 16.5. The number of methoxy groups -OCH3 is 2. The van der Waals surface area contributed by atoms with Gasteiger partial charge >= 0.3 is 0 Å². The minimum absolute atomic E-state index is 0.0939. The molecule has 1 amide bonds. The van der Waals surface area contributed by atoms with Crippen LogP contribution in [0.3, 0.4) is 0 Å². The number of rotatable bonds is 7. The highest BCUT2D eigenvalue weighted by Crippen LogP contribution is 2.36. The van der Waals surface area contributed by atoms with Crippen LogP contribution in [-0.4, -0.2) is 50.1 Å². The molecule has 0 spiro atoms. The molecular formula is C21H28N2O4. The number of benzene rings is 1. The first-order chi connectivity index (χ1) is 13.0. The Bertz CT molecular complexity index is 786. The van der Waals surface area contributed by atoms with Crippen LogP contribution in [-0.2, 0) is 11.3 Å². The number of ether oxygens (including phenoxy) is 2. The number of furan rings is 1. The van der Waals surface area contributed by atoms with Crippen molar-refractivity contribution in [2.75, 3.05) is 34.4 Å². The zero-order valence-corrected chi connectivity index (χ0v) is 16.5. The summed E-state index contributed by atoms with van der Waals surface area (Å²) in [7, 11) is 5.10. The fraction of sp³-hybridized carbons (Fsp3) is 0.476. The second-order valence-corrected chi connectivity index (χ2v) is 7.01. The summed E-state index contributed by atoms with van der Waals surface area (Å²) in [5.41, 5.74) is 1.15. The first kappa shape index (κ1) is 19.3. The van der Waals surface area contributed by atoms with Gasteiger partial charge in [0.1, 0.15) is 11.5 Å². The largest absolute Gasteiger partial charge is 0.493 e. The van der Waals surface area contributed by atoms with Crippen molar-refractivity contribution in [3.05, 3.63) is 47.4 Å². The van der Waals surface area contributed by atoms with Crippen molar-refractivity contribution in [2.24, 2.45) is 0 Å². The van der Waals surface area contributed by atoms with Gasteiger partial charge in [0.15, 0.2) is 11.5 Å². The lowest BCUT2D eigenvalue weighted by Crippen LogP contribution is -2.37. The van der Waals surface area contributed by atoms with Gasteiger partial charge in [0.2, 0.25) is 5.91 Å². The molecule has 6 heteroatoms. The SMILES string of the molecule is COc1ccc(C2CCCN2CC(=O)N(C)Cc2ccc(C)o2)cc1OC. The summed E-state index contributed by atoms with van der Waals surface area (Å²) in [5.74, 6) is 3.20. The molecule has 0 radical (unpaired) electrons. The van der Waals surface area contributed by atoms with E-state index < -0.39 is 0 Å². The fourth-order valence-corrected chi connectivity index (χ4v) is 3.64. The van der Waals surface area contributed by atoms with Gasteiger partial charge < -0.3 is 18.8 Å². The van der Waals surface area contributed by atoms with Gasteiger partial charge in [-0.25, -0.2) is 0 Å². The number of hydrogen-bond acceptors (Lipinski definition) is 5. The number of amides is 1. The van der Waals surface area contributed by atoms with Gasteiger partial charge in [-0.1, -0.05) is 6.07 Å². The summed E-state index contributed by atoms with van der Waals surface area (Å²) >= 11 is 0. The maximum atomic E-state index is 12.7. The van der Waals surface area contributed by atoms with E-state index >= 15 is 0 Å². The molecule has 0 saturated carbocycles. The van der Waals surface area contributed by atoms with E-state index in [-0.39, 0.29) is 11.9 Å². The number of aryl methyl sites for hydroxylation is 1. The quantitative estimate of drug-likeness (QED) is 0.746. The van der Waals surface area contributed by atoms with Crippen LogP contribution in [0.1, 0.15) is 36.0 Å². The number of carbonyl (C=O) groups excluding carboxylic acids is 1. The lowest BCUT2D eigenvalue weighted by atomic mass is 10.0. The van der Waals surface area contributed by atoms with E-state index in [4.69, 9.17) is 13.9 Å². The van der Waals surface area contributed by atoms with Crippen molar-refractivity contribution in [1.29, 1.82) is 0 Å². The van der Waals surface area contributed by atoms with Gasteiger partial charge in [0.25, 0.3) is 0 Å². The van der Waals surface area contributed by atoms with E-state index in [2.05, 4.69) is 11.0 Å². The Balaban J connectivity index is 1.66. The summed E-state index contributed by atoms with van der Waals surface area (Å²) in [4.78, 5) is 16.7. The normalized spacial score (nSPS) is 17.1. The highest BCUT2D eigenvalue weighted by Gasteiger charge is 2.29. The molecule has 146 valence electrons. The van der Waals surface area contributed by atoms with Gasteiger partial charge in [-0.15, -0.1) is 0 Å². The average molecular weight is 372 g/mol. The molecule has 1 aromatic heterocycles. The van der Waals surface area contributed by atoms with Crippen LogP contribution in [0.15, 0.2) is 34.7 Å². The van der Waals surface area contributed by atoms with E-state index in [1.807, 2.05) is 38.2 Å². The van der Waals surface area contributed by atoms with Gasteiger partial charge in [0.05, 0.1) is 27.3 Å². The molecule has 2 heterocycles. The van der Waals surface area contributed by atoms with Crippen molar-refractivity contribution in [3.63, 3.8) is 0 Å². The third kappa shape index (κ3) is 4.45. The predicted molar refractivity (Wildman–Crippen MR) is 103 cm³/mol. The van der Waals surface area contributed by atoms with Crippen LogP contribution in [0.4, 0.5) is 0 Å². The molecule has 1 unspecified atom stereocenters. The Morgan fingerprint density at radius 1 is 1.22 bits per heavy atom. The second-order valence-electron chi connectivity index (χ2n) is 7.01. The van der Waals surface area contributed by atoms with E-state index in [1.165, 1.54) is 0 Å². The third-order valence-corrected chi connectivity index (χ3v) is 5.11. The maximum absolute atomic E-state index is 12.7. The van der Waals surface area contributed by atoms with E-state index in [0.29, 0.717) is 13.1 Å². The Kier molecular flexibility index (Phi) is 6.06. The van der Waals surface area contributed by atoms with Crippen LogP contribution in [0.5, 0.6) is 11.5 Å². The standard InChI is InChI=1S/C21H28N2O4/c1-15-7-9-17(27-15)13-22(2)21(24)14-23-11-5-6-18(23)16-8-10-19(25-3)20(12-16)26-4/h7-10,12,18H,5-6,11,13-14H2,1-4H3. The van der Waals surface area contributed by atoms with Crippen molar-refractivity contribution >= 4 is 5.91 Å². The molecule has 1 aliphatic heterocycles. The first-order valence-corrected chi connectivity index (χ1v) is 9.27. The molecular weight excluding hydrogens is 344 g/mol. The molecule has 2 aromatic rings. The van der Waals surface area contributed by atoms with Crippen molar-refractivity contribution in [2.45, 2.75) is 32.4 Å². The molecule has 1 saturated heterocycles. The summed E-state index contributed by atoms with van der Waals surface area (Å²) < 4.78 is 16.3. The van der Waals surface area contributed by atoms with Crippen molar-refractivity contribution < 1.29 is 18.7 Å². The molecule has 0 aliphatic carbocycles. The molecule has 1 atom stereocenters. The van der Waals surface area contributed by atoms with Crippen LogP contribution in [0.2, 0.25) is 0 Å². The minimum Gasteiger partial charge on any atom is -0.493 e. The van der Waals surface area contributed by atoms with Crippen molar-refractivity contribution in [1.82, 2.24) is 9.80 Å². The number of likely N-dealkylation sites (tertiary alicyclic amines) is 1. The molecule has 1 aromatic carbocycles. The number of likely N-dealkylation sites (N-methyl/N-ethyl adjacent to an activating group) is 1. The lowest BCUT2D eigenvalue weighted by molar-refractivity contribution is -0.132. The number of nitrogens with zero attached hydrogens (tertiary/aromatic N) is 2. The van der Waals surface area contributed by atoms with Crippen LogP contribution < -0.4 is 9.47 Å². The molecule has 6 nitrogen and oxygen atoms in total. The molecule has 1 fully saturated rings. The average Bonchev–Trinajstić information content (AvgIpc) is 3.29. The predicted octanol–water partition coefficient (Wildman–Crippen LogP) is 3.40. The van der Waals surface area contributed by atoms with E-state index in [9.17, 15) is 4.79 Å². The lowest BCUT2D eigenvalue weighted by Gasteiger charge is -2.27. The third-order valence-electron chi connectivity index (χ3n) is 5.11. The van der Waals surface area contributed by atoms with Gasteiger partial charge in [-0.05, 0) is 56.1 Å². The zero-order chi connectivity index (χ0) is 19.4. The fourth-order valence-electron chi connectivity index (χ4n) is 3.64. The summed E-state index contributed by atoms with van der Waals surface area (Å²) in [6, 6.07) is 10.1. The minimum atomic E-state index is 0.0939. The summed E-state index contributed by atoms with van der Waals surface area (Å²) in [6.07, 6.45) is 2.11.